The maximum Gasteiger partial charge on any atom is 0.0792 e. The van der Waals surface area contributed by atoms with Crippen molar-refractivity contribution in [3.8, 4) is 0 Å². The lowest BCUT2D eigenvalue weighted by Crippen LogP contribution is -1.95. The first-order chi connectivity index (χ1) is 15.5. The van der Waals surface area contributed by atoms with E-state index in [0.717, 1.165) is 68.4 Å². The molecule has 0 aromatic carbocycles. The zero-order chi connectivity index (χ0) is 22.2. The molecule has 0 radical (unpaired) electrons. The van der Waals surface area contributed by atoms with Crippen molar-refractivity contribution < 1.29 is 0 Å². The molecule has 2 N–H and O–H groups in total. The standard InChI is InChI=1S/C25H21I3N4/c1-2-3-4-5-14-15-6-8-17(29-15)23(26)19-10-12-21(31-19)25(28)22-13-11-20(32-22)24(27)18-9-7-16(14)30-18/h6-13,31-32H,2-5H2,1H3. The molecule has 8 bridgehead atoms. The van der Waals surface area contributed by atoms with Gasteiger partial charge in [-0.2, -0.15) is 0 Å². The Morgan fingerprint density at radius 1 is 0.625 bits per heavy atom. The van der Waals surface area contributed by atoms with Crippen LogP contribution in [0.1, 0.15) is 54.5 Å². The van der Waals surface area contributed by atoms with E-state index in [1.807, 2.05) is 0 Å². The maximum absolute atomic E-state index is 5.03. The van der Waals surface area contributed by atoms with Crippen LogP contribution >= 0.6 is 67.8 Å². The third-order valence-electron chi connectivity index (χ3n) is 5.70. The summed E-state index contributed by atoms with van der Waals surface area (Å²) in [5.41, 5.74) is 9.66. The van der Waals surface area contributed by atoms with Crippen LogP contribution in [0.15, 0.2) is 24.3 Å². The van der Waals surface area contributed by atoms with Crippen molar-refractivity contribution in [1.29, 1.82) is 0 Å². The van der Waals surface area contributed by atoms with Crippen molar-refractivity contribution in [2.45, 2.75) is 32.6 Å². The van der Waals surface area contributed by atoms with E-state index in [-0.39, 0.29) is 0 Å². The van der Waals surface area contributed by atoms with E-state index in [1.54, 1.807) is 0 Å². The Hall–Kier alpha value is -1.21. The van der Waals surface area contributed by atoms with E-state index >= 15 is 0 Å². The number of nitrogens with one attached hydrogen (secondary N) is 2. The summed E-state index contributed by atoms with van der Waals surface area (Å²) < 4.78 is 3.39. The van der Waals surface area contributed by atoms with Gasteiger partial charge in [-0.15, -0.1) is 0 Å². The molecule has 4 nitrogen and oxygen atoms in total. The summed E-state index contributed by atoms with van der Waals surface area (Å²) in [7, 11) is 0. The van der Waals surface area contributed by atoms with Crippen LogP contribution in [0.4, 0.5) is 0 Å². The van der Waals surface area contributed by atoms with E-state index in [0.29, 0.717) is 0 Å². The minimum atomic E-state index is 0.986. The number of aromatic amines is 2. The monoisotopic (exact) mass is 758 g/mol. The van der Waals surface area contributed by atoms with Gasteiger partial charge in [-0.3, -0.25) is 0 Å². The zero-order valence-electron chi connectivity index (χ0n) is 17.5. The predicted octanol–water partition coefficient (Wildman–Crippen LogP) is 8.20. The van der Waals surface area contributed by atoms with Crippen LogP contribution in [-0.4, -0.2) is 19.9 Å². The fourth-order valence-corrected chi connectivity index (χ4v) is 5.83. The molecular formula is C25H21I3N4. The maximum atomic E-state index is 5.03. The second-order valence-electron chi connectivity index (χ2n) is 7.88. The van der Waals surface area contributed by atoms with Gasteiger partial charge in [-0.1, -0.05) is 19.8 Å². The van der Waals surface area contributed by atoms with Crippen LogP contribution in [0.25, 0.3) is 46.4 Å². The number of nitrogens with zero attached hydrogens (tertiary/aromatic N) is 2. The smallest absolute Gasteiger partial charge is 0.0792 e. The minimum absolute atomic E-state index is 0.986. The molecule has 3 aromatic heterocycles. The Morgan fingerprint density at radius 2 is 1.06 bits per heavy atom. The molecule has 3 aromatic rings. The molecule has 5 heterocycles. The SMILES string of the molecule is CCCCCc1c2nc(c(I)c3ccc([nH]3)c(I)c3ccc([nH]3)c(I)c3nc1C=C3)C=C2. The summed E-state index contributed by atoms with van der Waals surface area (Å²) in [6, 6.07) is 8.55. The fraction of sp³-hybridized carbons (Fsp3) is 0.200. The van der Waals surface area contributed by atoms with Gasteiger partial charge in [0.15, 0.2) is 0 Å². The van der Waals surface area contributed by atoms with Gasteiger partial charge in [-0.05, 0) is 129 Å². The van der Waals surface area contributed by atoms with Crippen LogP contribution in [0, 0.1) is 10.7 Å². The summed E-state index contributed by atoms with van der Waals surface area (Å²) >= 11 is 7.20. The third kappa shape index (κ3) is 4.31. The van der Waals surface area contributed by atoms with Gasteiger partial charge in [0.1, 0.15) is 0 Å². The molecule has 2 aliphatic rings. The highest BCUT2D eigenvalue weighted by Crippen LogP contribution is 2.29. The second kappa shape index (κ2) is 9.57. The van der Waals surface area contributed by atoms with Crippen molar-refractivity contribution >= 4 is 114 Å². The van der Waals surface area contributed by atoms with E-state index in [4.69, 9.17) is 9.97 Å². The van der Waals surface area contributed by atoms with Crippen LogP contribution in [0.5, 0.6) is 0 Å². The molecule has 0 atom stereocenters. The molecule has 0 aliphatic carbocycles. The van der Waals surface area contributed by atoms with Gasteiger partial charge in [0.25, 0.3) is 0 Å². The highest BCUT2D eigenvalue weighted by atomic mass is 127. The summed E-state index contributed by atoms with van der Waals surface area (Å²) in [6.07, 6.45) is 13.1. The topological polar surface area (TPSA) is 57.4 Å². The molecule has 0 fully saturated rings. The van der Waals surface area contributed by atoms with Crippen LogP contribution in [-0.2, 0) is 6.42 Å². The normalized spacial score (nSPS) is 12.6. The number of unbranched alkanes of at least 4 members (excludes halogenated alkanes) is 2. The molecule has 162 valence electrons. The van der Waals surface area contributed by atoms with E-state index in [1.165, 1.54) is 18.4 Å². The van der Waals surface area contributed by atoms with Crippen molar-refractivity contribution in [2.75, 3.05) is 0 Å². The first-order valence-corrected chi connectivity index (χ1v) is 13.9. The Labute approximate surface area is 227 Å². The lowest BCUT2D eigenvalue weighted by Gasteiger charge is -2.04. The fourth-order valence-electron chi connectivity index (χ4n) is 3.97. The summed E-state index contributed by atoms with van der Waals surface area (Å²) in [5.74, 6) is 0. The van der Waals surface area contributed by atoms with Gasteiger partial charge in [0.05, 0.1) is 55.6 Å². The third-order valence-corrected chi connectivity index (χ3v) is 9.13. The molecule has 5 rings (SSSR count). The Bertz CT molecular complexity index is 1330. The van der Waals surface area contributed by atoms with E-state index in [2.05, 4.69) is 133 Å². The molecular weight excluding hydrogens is 737 g/mol. The number of rotatable bonds is 4. The molecule has 32 heavy (non-hydrogen) atoms. The highest BCUT2D eigenvalue weighted by Gasteiger charge is 2.15. The largest absolute Gasteiger partial charge is 0.354 e. The minimum Gasteiger partial charge on any atom is -0.354 e. The van der Waals surface area contributed by atoms with Crippen LogP contribution < -0.4 is 0 Å². The average Bonchev–Trinajstić information content (AvgIpc) is 3.61. The summed E-state index contributed by atoms with van der Waals surface area (Å²) in [6.45, 7) is 2.24. The zero-order valence-corrected chi connectivity index (χ0v) is 23.9. The van der Waals surface area contributed by atoms with E-state index < -0.39 is 0 Å². The van der Waals surface area contributed by atoms with Crippen molar-refractivity contribution in [3.63, 3.8) is 0 Å². The van der Waals surface area contributed by atoms with Gasteiger partial charge in [0.2, 0.25) is 0 Å². The lowest BCUT2D eigenvalue weighted by atomic mass is 10.0. The highest BCUT2D eigenvalue weighted by molar-refractivity contribution is 14.1. The summed E-state index contributed by atoms with van der Waals surface area (Å²) in [5, 5.41) is 0. The lowest BCUT2D eigenvalue weighted by molar-refractivity contribution is 0.714. The first-order valence-electron chi connectivity index (χ1n) is 10.7. The van der Waals surface area contributed by atoms with Gasteiger partial charge < -0.3 is 9.97 Å². The molecule has 0 saturated heterocycles. The molecule has 0 saturated carbocycles. The van der Waals surface area contributed by atoms with Crippen LogP contribution in [0.3, 0.4) is 0 Å². The van der Waals surface area contributed by atoms with Gasteiger partial charge in [-0.25, -0.2) is 9.97 Å². The number of hydrogen-bond acceptors (Lipinski definition) is 2. The Morgan fingerprint density at radius 3 is 1.53 bits per heavy atom. The molecule has 0 unspecified atom stereocenters. The molecule has 2 aliphatic heterocycles. The Kier molecular flexibility index (Phi) is 6.75. The first kappa shape index (κ1) is 22.6. The number of aromatic nitrogens is 4. The second-order valence-corrected chi connectivity index (χ2v) is 11.1. The predicted molar refractivity (Wildman–Crippen MR) is 160 cm³/mol. The molecule has 7 heteroatoms. The van der Waals surface area contributed by atoms with Crippen molar-refractivity contribution in [2.24, 2.45) is 0 Å². The summed E-state index contributed by atoms with van der Waals surface area (Å²) in [4.78, 5) is 17.2. The van der Waals surface area contributed by atoms with Gasteiger partial charge in [0, 0.05) is 5.56 Å². The number of halogens is 3. The molecule has 0 spiro atoms. The average molecular weight is 758 g/mol. The van der Waals surface area contributed by atoms with Crippen molar-refractivity contribution in [1.82, 2.24) is 19.9 Å². The van der Waals surface area contributed by atoms with Crippen LogP contribution in [0.2, 0.25) is 0 Å². The quantitative estimate of drug-likeness (QED) is 0.144. The van der Waals surface area contributed by atoms with E-state index in [9.17, 15) is 0 Å². The molecule has 0 amide bonds. The van der Waals surface area contributed by atoms with Gasteiger partial charge >= 0.3 is 0 Å². The number of hydrogen-bond donors (Lipinski definition) is 2. The number of fused-ring (bicyclic) bond motifs is 8. The Balaban J connectivity index is 1.87. The number of H-pyrrole nitrogens is 2. The van der Waals surface area contributed by atoms with Crippen molar-refractivity contribution in [3.05, 3.63) is 63.3 Å².